The zero-order valence-electron chi connectivity index (χ0n) is 15.6. The molecule has 0 bridgehead atoms. The van der Waals surface area contributed by atoms with Gasteiger partial charge in [-0.2, -0.15) is 5.10 Å². The molecule has 1 aromatic carbocycles. The first kappa shape index (κ1) is 17.7. The topological polar surface area (TPSA) is 71.3 Å². The van der Waals surface area contributed by atoms with Crippen molar-refractivity contribution in [2.45, 2.75) is 38.6 Å². The lowest BCUT2D eigenvalue weighted by atomic mass is 10.0. The van der Waals surface area contributed by atoms with Gasteiger partial charge in [0.05, 0.1) is 12.0 Å². The average molecular weight is 367 g/mol. The largest absolute Gasteiger partial charge is 0.342 e. The monoisotopic (exact) mass is 367 g/mol. The summed E-state index contributed by atoms with van der Waals surface area (Å²) >= 11 is 0. The predicted molar refractivity (Wildman–Crippen MR) is 101 cm³/mol. The zero-order valence-corrected chi connectivity index (χ0v) is 15.6. The minimum atomic E-state index is -0.244. The number of amides is 2. The first-order valence-electron chi connectivity index (χ1n) is 9.68. The molecule has 1 aromatic heterocycles. The molecule has 1 unspecified atom stereocenters. The highest BCUT2D eigenvalue weighted by atomic mass is 16.2. The number of rotatable bonds is 4. The van der Waals surface area contributed by atoms with Crippen LogP contribution in [0.5, 0.6) is 0 Å². The van der Waals surface area contributed by atoms with Crippen molar-refractivity contribution in [2.75, 3.05) is 24.5 Å². The highest BCUT2D eigenvalue weighted by Gasteiger charge is 2.38. The molecule has 0 spiro atoms. The molecule has 2 amide bonds. The molecule has 2 aliphatic rings. The van der Waals surface area contributed by atoms with Gasteiger partial charge in [0, 0.05) is 31.7 Å². The molecule has 0 N–H and O–H groups in total. The number of aromatic nitrogens is 3. The summed E-state index contributed by atoms with van der Waals surface area (Å²) in [6.07, 6.45) is 6.30. The van der Waals surface area contributed by atoms with Crippen LogP contribution in [0.15, 0.2) is 36.9 Å². The van der Waals surface area contributed by atoms with Crippen molar-refractivity contribution in [1.29, 1.82) is 0 Å². The van der Waals surface area contributed by atoms with Crippen LogP contribution in [0.25, 0.3) is 0 Å². The number of nitrogens with zero attached hydrogens (tertiary/aromatic N) is 5. The molecule has 2 fully saturated rings. The van der Waals surface area contributed by atoms with Crippen LogP contribution >= 0.6 is 0 Å². The Morgan fingerprint density at radius 2 is 1.93 bits per heavy atom. The van der Waals surface area contributed by atoms with Gasteiger partial charge >= 0.3 is 0 Å². The summed E-state index contributed by atoms with van der Waals surface area (Å²) in [5.74, 6) is -0.102. The fourth-order valence-electron chi connectivity index (χ4n) is 4.05. The highest BCUT2D eigenvalue weighted by molar-refractivity contribution is 6.00. The van der Waals surface area contributed by atoms with Crippen molar-refractivity contribution in [3.05, 3.63) is 42.5 Å². The van der Waals surface area contributed by atoms with Crippen LogP contribution in [0, 0.1) is 5.92 Å². The number of aryl methyl sites for hydroxylation is 1. The summed E-state index contributed by atoms with van der Waals surface area (Å²) in [6, 6.07) is 8.36. The molecule has 0 aliphatic carbocycles. The lowest BCUT2D eigenvalue weighted by Crippen LogP contribution is -2.43. The van der Waals surface area contributed by atoms with Crippen LogP contribution in [0.1, 0.15) is 37.8 Å². The number of hydrogen-bond donors (Lipinski definition) is 0. The average Bonchev–Trinajstić information content (AvgIpc) is 3.38. The minimum absolute atomic E-state index is 0.0371. The van der Waals surface area contributed by atoms with E-state index < -0.39 is 0 Å². The third kappa shape index (κ3) is 3.59. The van der Waals surface area contributed by atoms with E-state index in [9.17, 15) is 9.59 Å². The van der Waals surface area contributed by atoms with E-state index in [1.165, 1.54) is 5.56 Å². The number of carbonyl (C=O) groups excluding carboxylic acids is 2. The third-order valence-corrected chi connectivity index (χ3v) is 5.72. The molecule has 2 saturated heterocycles. The number of carbonyl (C=O) groups is 2. The van der Waals surface area contributed by atoms with Gasteiger partial charge in [-0.05, 0) is 37.0 Å². The van der Waals surface area contributed by atoms with Crippen LogP contribution in [0.3, 0.4) is 0 Å². The Labute approximate surface area is 159 Å². The summed E-state index contributed by atoms with van der Waals surface area (Å²) in [7, 11) is 0. The van der Waals surface area contributed by atoms with Gasteiger partial charge in [0.15, 0.2) is 0 Å². The Hall–Kier alpha value is -2.70. The molecule has 0 saturated carbocycles. The Balaban J connectivity index is 1.36. The molecule has 0 radical (unpaired) electrons. The molecule has 142 valence electrons. The standard InChI is InChI=1S/C20H25N5O2/c1-2-15-3-5-17(6-4-15)24-12-16(11-19(24)26)20(27)23-9-7-18(8-10-23)25-14-21-13-22-25/h3-6,13-14,16,18H,2,7-12H2,1H3. The van der Waals surface area contributed by atoms with E-state index in [1.807, 2.05) is 33.8 Å². The Morgan fingerprint density at radius 3 is 2.56 bits per heavy atom. The van der Waals surface area contributed by atoms with Crippen molar-refractivity contribution < 1.29 is 9.59 Å². The van der Waals surface area contributed by atoms with E-state index in [2.05, 4.69) is 17.0 Å². The molecule has 1 atom stereocenters. The normalized spacial score (nSPS) is 21.1. The summed E-state index contributed by atoms with van der Waals surface area (Å²) < 4.78 is 1.88. The lowest BCUT2D eigenvalue weighted by Gasteiger charge is -2.33. The van der Waals surface area contributed by atoms with Crippen LogP contribution in [0.2, 0.25) is 0 Å². The molecule has 27 heavy (non-hydrogen) atoms. The van der Waals surface area contributed by atoms with Gasteiger partial charge in [0.1, 0.15) is 12.7 Å². The second-order valence-corrected chi connectivity index (χ2v) is 7.36. The Kier molecular flexibility index (Phi) is 4.92. The van der Waals surface area contributed by atoms with E-state index >= 15 is 0 Å². The number of likely N-dealkylation sites (tertiary alicyclic amines) is 1. The van der Waals surface area contributed by atoms with E-state index in [0.717, 1.165) is 24.9 Å². The maximum atomic E-state index is 12.9. The Bertz CT molecular complexity index is 794. The van der Waals surface area contributed by atoms with Crippen LogP contribution < -0.4 is 4.90 Å². The number of anilines is 1. The number of benzene rings is 1. The predicted octanol–water partition coefficient (Wildman–Crippen LogP) is 2.06. The van der Waals surface area contributed by atoms with Gasteiger partial charge in [0.25, 0.3) is 0 Å². The molecule has 7 nitrogen and oxygen atoms in total. The second-order valence-electron chi connectivity index (χ2n) is 7.36. The van der Waals surface area contributed by atoms with E-state index in [0.29, 0.717) is 32.1 Å². The molecule has 2 aliphatic heterocycles. The molecule has 2 aromatic rings. The summed E-state index contributed by atoms with van der Waals surface area (Å²) in [5, 5.41) is 4.20. The summed E-state index contributed by atoms with van der Waals surface area (Å²) in [6.45, 7) is 4.00. The van der Waals surface area contributed by atoms with E-state index in [-0.39, 0.29) is 17.7 Å². The maximum absolute atomic E-state index is 12.9. The molecule has 7 heteroatoms. The fourth-order valence-corrected chi connectivity index (χ4v) is 4.05. The van der Waals surface area contributed by atoms with E-state index in [4.69, 9.17) is 0 Å². The highest BCUT2D eigenvalue weighted by Crippen LogP contribution is 2.29. The van der Waals surface area contributed by atoms with E-state index in [1.54, 1.807) is 17.6 Å². The van der Waals surface area contributed by atoms with Crippen molar-refractivity contribution in [3.63, 3.8) is 0 Å². The third-order valence-electron chi connectivity index (χ3n) is 5.72. The molecular formula is C20H25N5O2. The minimum Gasteiger partial charge on any atom is -0.342 e. The lowest BCUT2D eigenvalue weighted by molar-refractivity contribution is -0.137. The van der Waals surface area contributed by atoms with Crippen molar-refractivity contribution >= 4 is 17.5 Å². The van der Waals surface area contributed by atoms with Crippen LogP contribution in [0.4, 0.5) is 5.69 Å². The Morgan fingerprint density at radius 1 is 1.19 bits per heavy atom. The fraction of sp³-hybridized carbons (Fsp3) is 0.500. The number of hydrogen-bond acceptors (Lipinski definition) is 4. The smallest absolute Gasteiger partial charge is 0.228 e. The quantitative estimate of drug-likeness (QED) is 0.829. The second kappa shape index (κ2) is 7.50. The van der Waals surface area contributed by atoms with Crippen molar-refractivity contribution in [3.8, 4) is 0 Å². The van der Waals surface area contributed by atoms with Gasteiger partial charge in [-0.15, -0.1) is 0 Å². The van der Waals surface area contributed by atoms with Gasteiger partial charge in [0.2, 0.25) is 11.8 Å². The summed E-state index contributed by atoms with van der Waals surface area (Å²) in [4.78, 5) is 33.1. The molecule has 4 rings (SSSR count). The SMILES string of the molecule is CCc1ccc(N2CC(C(=O)N3CCC(n4cncn4)CC3)CC2=O)cc1. The first-order chi connectivity index (χ1) is 13.2. The first-order valence-corrected chi connectivity index (χ1v) is 9.68. The molecule has 3 heterocycles. The van der Waals surface area contributed by atoms with Crippen molar-refractivity contribution in [2.24, 2.45) is 5.92 Å². The van der Waals surface area contributed by atoms with Gasteiger partial charge in [-0.1, -0.05) is 19.1 Å². The van der Waals surface area contributed by atoms with Crippen LogP contribution in [-0.4, -0.2) is 51.1 Å². The van der Waals surface area contributed by atoms with Gasteiger partial charge < -0.3 is 9.80 Å². The van der Waals surface area contributed by atoms with Gasteiger partial charge in [-0.3, -0.25) is 9.59 Å². The zero-order chi connectivity index (χ0) is 18.8. The molecular weight excluding hydrogens is 342 g/mol. The van der Waals surface area contributed by atoms with Crippen molar-refractivity contribution in [1.82, 2.24) is 19.7 Å². The summed E-state index contributed by atoms with van der Waals surface area (Å²) in [5.41, 5.74) is 2.13. The van der Waals surface area contributed by atoms with Gasteiger partial charge in [-0.25, -0.2) is 9.67 Å². The number of piperidine rings is 1. The van der Waals surface area contributed by atoms with Crippen LogP contribution in [-0.2, 0) is 16.0 Å². The maximum Gasteiger partial charge on any atom is 0.228 e.